The largest absolute Gasteiger partial charge is 0.436 e. The predicted octanol–water partition coefficient (Wildman–Crippen LogP) is 2.69. The van der Waals surface area contributed by atoms with Crippen LogP contribution in [0.15, 0.2) is 6.07 Å². The van der Waals surface area contributed by atoms with Crippen molar-refractivity contribution < 1.29 is 22.0 Å². The summed E-state index contributed by atoms with van der Waals surface area (Å²) < 4.78 is 60.8. The molecule has 0 amide bonds. The Morgan fingerprint density at radius 2 is 1.69 bits per heavy atom. The lowest BCUT2D eigenvalue weighted by molar-refractivity contribution is -0.143. The Hall–Kier alpha value is -1.20. The number of alkyl halides is 3. The Balaban J connectivity index is 3.32. The van der Waals surface area contributed by atoms with E-state index in [-0.39, 0.29) is 6.07 Å². The minimum Gasteiger partial charge on any atom is -0.243 e. The molecule has 0 N–H and O–H groups in total. The number of hydrogen-bond donors (Lipinski definition) is 0. The third kappa shape index (κ3) is 1.93. The van der Waals surface area contributed by atoms with E-state index >= 15 is 0 Å². The molecule has 0 saturated carbocycles. The van der Waals surface area contributed by atoms with E-state index in [2.05, 4.69) is 4.98 Å². The maximum absolute atomic E-state index is 12.5. The van der Waals surface area contributed by atoms with E-state index in [4.69, 9.17) is 0 Å². The fourth-order valence-electron chi connectivity index (χ4n) is 0.757. The molecular weight excluding hydrogens is 193 g/mol. The van der Waals surface area contributed by atoms with Gasteiger partial charge >= 0.3 is 6.18 Å². The fraction of sp³-hybridized carbons (Fsp3) is 0.286. The topological polar surface area (TPSA) is 12.9 Å². The van der Waals surface area contributed by atoms with Gasteiger partial charge in [0.05, 0.1) is 5.69 Å². The second-order valence-corrected chi connectivity index (χ2v) is 2.38. The highest BCUT2D eigenvalue weighted by atomic mass is 19.4. The van der Waals surface area contributed by atoms with Crippen LogP contribution in [0.3, 0.4) is 0 Å². The van der Waals surface area contributed by atoms with Crippen molar-refractivity contribution in [1.29, 1.82) is 0 Å². The van der Waals surface area contributed by atoms with Crippen LogP contribution in [0.1, 0.15) is 11.4 Å². The summed E-state index contributed by atoms with van der Waals surface area (Å²) in [4.78, 5) is 2.77. The van der Waals surface area contributed by atoms with Crippen LogP contribution in [-0.4, -0.2) is 4.98 Å². The Labute approximate surface area is 70.2 Å². The summed E-state index contributed by atoms with van der Waals surface area (Å²) >= 11 is 0. The minimum absolute atomic E-state index is 0.172. The standard InChI is InChI=1S/C7H4F5N/c1-3-4(8)2-5(9)6(13-3)7(10,11)12/h2H,1H3. The zero-order valence-corrected chi connectivity index (χ0v) is 6.41. The van der Waals surface area contributed by atoms with Crippen molar-refractivity contribution in [3.8, 4) is 0 Å². The average Bonchev–Trinajstić information content (AvgIpc) is 1.94. The van der Waals surface area contributed by atoms with Gasteiger partial charge in [-0.3, -0.25) is 0 Å². The molecule has 0 aliphatic carbocycles. The number of halogens is 5. The second kappa shape index (κ2) is 2.93. The van der Waals surface area contributed by atoms with Gasteiger partial charge in [-0.2, -0.15) is 13.2 Å². The van der Waals surface area contributed by atoms with E-state index in [0.29, 0.717) is 0 Å². The third-order valence-corrected chi connectivity index (χ3v) is 1.37. The number of rotatable bonds is 0. The lowest BCUT2D eigenvalue weighted by Crippen LogP contribution is -2.12. The molecule has 0 aliphatic rings. The first-order valence-electron chi connectivity index (χ1n) is 3.22. The van der Waals surface area contributed by atoms with Crippen molar-refractivity contribution in [2.75, 3.05) is 0 Å². The zero-order chi connectivity index (χ0) is 10.2. The number of pyridine rings is 1. The van der Waals surface area contributed by atoms with Crippen LogP contribution in [0.4, 0.5) is 22.0 Å². The van der Waals surface area contributed by atoms with Crippen LogP contribution in [0.25, 0.3) is 0 Å². The van der Waals surface area contributed by atoms with Gasteiger partial charge in [-0.15, -0.1) is 0 Å². The highest BCUT2D eigenvalue weighted by Gasteiger charge is 2.36. The number of aryl methyl sites for hydroxylation is 1. The van der Waals surface area contributed by atoms with Gasteiger partial charge in [0.25, 0.3) is 0 Å². The van der Waals surface area contributed by atoms with Crippen LogP contribution in [0, 0.1) is 18.6 Å². The summed E-state index contributed by atoms with van der Waals surface area (Å²) in [7, 11) is 0. The maximum Gasteiger partial charge on any atom is 0.436 e. The lowest BCUT2D eigenvalue weighted by atomic mass is 10.3. The molecule has 13 heavy (non-hydrogen) atoms. The van der Waals surface area contributed by atoms with Gasteiger partial charge in [-0.1, -0.05) is 0 Å². The van der Waals surface area contributed by atoms with Crippen LogP contribution in [-0.2, 0) is 6.18 Å². The zero-order valence-electron chi connectivity index (χ0n) is 6.41. The molecule has 0 aliphatic heterocycles. The molecule has 1 rings (SSSR count). The summed E-state index contributed by atoms with van der Waals surface area (Å²) in [5.74, 6) is -2.79. The van der Waals surface area contributed by atoms with E-state index in [1.54, 1.807) is 0 Å². The molecule has 0 unspecified atom stereocenters. The molecule has 0 atom stereocenters. The molecule has 1 heterocycles. The van der Waals surface area contributed by atoms with E-state index in [1.807, 2.05) is 0 Å². The van der Waals surface area contributed by atoms with Crippen LogP contribution < -0.4 is 0 Å². The van der Waals surface area contributed by atoms with E-state index < -0.39 is 29.2 Å². The van der Waals surface area contributed by atoms with Crippen molar-refractivity contribution in [2.45, 2.75) is 13.1 Å². The van der Waals surface area contributed by atoms with E-state index in [0.717, 1.165) is 6.92 Å². The first-order chi connectivity index (χ1) is 5.82. The Bertz CT molecular complexity index is 330. The molecule has 0 radical (unpaired) electrons. The fourth-order valence-corrected chi connectivity index (χ4v) is 0.757. The third-order valence-electron chi connectivity index (χ3n) is 1.37. The minimum atomic E-state index is -4.89. The highest BCUT2D eigenvalue weighted by Crippen LogP contribution is 2.30. The molecule has 72 valence electrons. The summed E-state index contributed by atoms with van der Waals surface area (Å²) in [5.41, 5.74) is -2.17. The Morgan fingerprint density at radius 3 is 2.15 bits per heavy atom. The Kier molecular flexibility index (Phi) is 2.23. The van der Waals surface area contributed by atoms with Crippen LogP contribution >= 0.6 is 0 Å². The van der Waals surface area contributed by atoms with E-state index in [9.17, 15) is 22.0 Å². The van der Waals surface area contributed by atoms with Crippen molar-refractivity contribution in [2.24, 2.45) is 0 Å². The first kappa shape index (κ1) is 9.88. The van der Waals surface area contributed by atoms with Gasteiger partial charge in [0.1, 0.15) is 5.82 Å². The molecule has 0 aromatic carbocycles. The quantitative estimate of drug-likeness (QED) is 0.582. The van der Waals surface area contributed by atoms with E-state index in [1.165, 1.54) is 0 Å². The van der Waals surface area contributed by atoms with Crippen LogP contribution in [0.2, 0.25) is 0 Å². The van der Waals surface area contributed by atoms with Crippen molar-refractivity contribution in [1.82, 2.24) is 4.98 Å². The van der Waals surface area contributed by atoms with Crippen molar-refractivity contribution in [3.05, 3.63) is 29.1 Å². The summed E-state index contributed by atoms with van der Waals surface area (Å²) in [6.07, 6.45) is -4.89. The van der Waals surface area contributed by atoms with Gasteiger partial charge < -0.3 is 0 Å². The van der Waals surface area contributed by atoms with Gasteiger partial charge in [0, 0.05) is 6.07 Å². The van der Waals surface area contributed by atoms with Crippen LogP contribution in [0.5, 0.6) is 0 Å². The summed E-state index contributed by atoms with van der Waals surface area (Å²) in [5, 5.41) is 0. The first-order valence-corrected chi connectivity index (χ1v) is 3.22. The smallest absolute Gasteiger partial charge is 0.243 e. The summed E-state index contributed by atoms with van der Waals surface area (Å²) in [6.45, 7) is 1.03. The molecule has 6 heteroatoms. The normalized spacial score (nSPS) is 11.8. The monoisotopic (exact) mass is 197 g/mol. The second-order valence-electron chi connectivity index (χ2n) is 2.38. The molecular formula is C7H4F5N. The van der Waals surface area contributed by atoms with Gasteiger partial charge in [-0.25, -0.2) is 13.8 Å². The van der Waals surface area contributed by atoms with Crippen molar-refractivity contribution in [3.63, 3.8) is 0 Å². The SMILES string of the molecule is Cc1nc(C(F)(F)F)c(F)cc1F. The van der Waals surface area contributed by atoms with Gasteiger partial charge in [0.2, 0.25) is 0 Å². The molecule has 1 aromatic heterocycles. The predicted molar refractivity (Wildman–Crippen MR) is 33.9 cm³/mol. The number of nitrogens with zero attached hydrogens (tertiary/aromatic N) is 1. The van der Waals surface area contributed by atoms with Gasteiger partial charge in [-0.05, 0) is 6.92 Å². The maximum atomic E-state index is 12.5. The lowest BCUT2D eigenvalue weighted by Gasteiger charge is -2.07. The molecule has 1 nitrogen and oxygen atoms in total. The number of aromatic nitrogens is 1. The highest BCUT2D eigenvalue weighted by molar-refractivity contribution is 5.16. The molecule has 0 saturated heterocycles. The molecule has 1 aromatic rings. The summed E-state index contributed by atoms with van der Waals surface area (Å²) in [6, 6.07) is 0.172. The Morgan fingerprint density at radius 1 is 1.15 bits per heavy atom. The average molecular weight is 197 g/mol. The van der Waals surface area contributed by atoms with Gasteiger partial charge in [0.15, 0.2) is 11.5 Å². The molecule has 0 bridgehead atoms. The number of hydrogen-bond acceptors (Lipinski definition) is 1. The molecule has 0 spiro atoms. The van der Waals surface area contributed by atoms with Crippen molar-refractivity contribution >= 4 is 0 Å². The molecule has 0 fully saturated rings.